The molecule has 0 N–H and O–H groups in total. The van der Waals surface area contributed by atoms with Crippen LogP contribution in [0.25, 0.3) is 0 Å². The van der Waals surface area contributed by atoms with E-state index in [2.05, 4.69) is 4.90 Å². The summed E-state index contributed by atoms with van der Waals surface area (Å²) < 4.78 is 19.2. The Kier molecular flexibility index (Phi) is 5.44. The van der Waals surface area contributed by atoms with E-state index < -0.39 is 0 Å². The van der Waals surface area contributed by atoms with E-state index in [4.69, 9.17) is 10.00 Å². The van der Waals surface area contributed by atoms with Crippen molar-refractivity contribution in [3.05, 3.63) is 35.1 Å². The smallest absolute Gasteiger partial charge is 0.225 e. The van der Waals surface area contributed by atoms with Gasteiger partial charge in [-0.3, -0.25) is 9.69 Å². The first-order chi connectivity index (χ1) is 11.7. The number of piperidine rings is 1. The zero-order valence-corrected chi connectivity index (χ0v) is 13.7. The Bertz CT molecular complexity index is 630. The number of amides is 1. The summed E-state index contributed by atoms with van der Waals surface area (Å²) in [4.78, 5) is 16.6. The van der Waals surface area contributed by atoms with Crippen molar-refractivity contribution in [2.75, 3.05) is 39.4 Å². The van der Waals surface area contributed by atoms with Crippen molar-refractivity contribution in [2.24, 2.45) is 5.92 Å². The van der Waals surface area contributed by atoms with Crippen molar-refractivity contribution >= 4 is 5.91 Å². The van der Waals surface area contributed by atoms with Crippen molar-refractivity contribution in [2.45, 2.75) is 19.4 Å². The molecular formula is C18H22FN3O2. The number of carbonyl (C=O) groups excluding carboxylic acids is 1. The molecule has 2 saturated heterocycles. The van der Waals surface area contributed by atoms with Gasteiger partial charge in [0, 0.05) is 31.1 Å². The van der Waals surface area contributed by atoms with E-state index in [1.807, 2.05) is 11.0 Å². The molecule has 0 aliphatic carbocycles. The van der Waals surface area contributed by atoms with Crippen LogP contribution in [0.4, 0.5) is 4.39 Å². The van der Waals surface area contributed by atoms with Crippen molar-refractivity contribution in [1.82, 2.24) is 9.80 Å². The van der Waals surface area contributed by atoms with Crippen LogP contribution in [0.2, 0.25) is 0 Å². The lowest BCUT2D eigenvalue weighted by Gasteiger charge is -2.35. The monoisotopic (exact) mass is 331 g/mol. The minimum absolute atomic E-state index is 0.0645. The van der Waals surface area contributed by atoms with Gasteiger partial charge in [0.05, 0.1) is 24.8 Å². The third-order valence-electron chi connectivity index (χ3n) is 4.83. The number of morpholine rings is 1. The van der Waals surface area contributed by atoms with Crippen LogP contribution in [0, 0.1) is 23.1 Å². The molecule has 1 aromatic carbocycles. The van der Waals surface area contributed by atoms with Gasteiger partial charge in [-0.15, -0.1) is 0 Å². The standard InChI is InChI=1S/C18H22FN3O2/c19-17-2-1-14(12-20)11-16(17)13-21-5-3-15(4-6-21)18(23)22-7-9-24-10-8-22/h1-2,11,15H,3-10,13H2. The molecular weight excluding hydrogens is 309 g/mol. The molecule has 2 heterocycles. The van der Waals surface area contributed by atoms with E-state index in [9.17, 15) is 9.18 Å². The number of hydrogen-bond acceptors (Lipinski definition) is 4. The van der Waals surface area contributed by atoms with Gasteiger partial charge in [0.15, 0.2) is 0 Å². The molecule has 2 fully saturated rings. The van der Waals surface area contributed by atoms with Crippen LogP contribution in [-0.2, 0) is 16.1 Å². The maximum Gasteiger partial charge on any atom is 0.225 e. The number of likely N-dealkylation sites (tertiary alicyclic amines) is 1. The van der Waals surface area contributed by atoms with Crippen LogP contribution >= 0.6 is 0 Å². The number of hydrogen-bond donors (Lipinski definition) is 0. The number of nitrogens with zero attached hydrogens (tertiary/aromatic N) is 3. The molecule has 3 rings (SSSR count). The van der Waals surface area contributed by atoms with Gasteiger partial charge in [-0.25, -0.2) is 4.39 Å². The van der Waals surface area contributed by atoms with E-state index in [1.165, 1.54) is 12.1 Å². The van der Waals surface area contributed by atoms with Gasteiger partial charge >= 0.3 is 0 Å². The van der Waals surface area contributed by atoms with Gasteiger partial charge < -0.3 is 9.64 Å². The largest absolute Gasteiger partial charge is 0.378 e. The number of carbonyl (C=O) groups is 1. The van der Waals surface area contributed by atoms with Gasteiger partial charge in [0.25, 0.3) is 0 Å². The number of ether oxygens (including phenoxy) is 1. The first-order valence-corrected chi connectivity index (χ1v) is 8.45. The Morgan fingerprint density at radius 2 is 1.96 bits per heavy atom. The fourth-order valence-corrected chi connectivity index (χ4v) is 3.39. The molecule has 128 valence electrons. The molecule has 0 aromatic heterocycles. The second-order valence-corrected chi connectivity index (χ2v) is 6.41. The molecule has 0 atom stereocenters. The van der Waals surface area contributed by atoms with Crippen molar-refractivity contribution in [3.63, 3.8) is 0 Å². The number of benzene rings is 1. The summed E-state index contributed by atoms with van der Waals surface area (Å²) >= 11 is 0. The van der Waals surface area contributed by atoms with Crippen LogP contribution in [0.15, 0.2) is 18.2 Å². The highest BCUT2D eigenvalue weighted by atomic mass is 19.1. The zero-order valence-electron chi connectivity index (χ0n) is 13.7. The summed E-state index contributed by atoms with van der Waals surface area (Å²) in [5.74, 6) is 0.0192. The van der Waals surface area contributed by atoms with Crippen LogP contribution in [0.1, 0.15) is 24.0 Å². The van der Waals surface area contributed by atoms with E-state index in [0.717, 1.165) is 25.9 Å². The fourth-order valence-electron chi connectivity index (χ4n) is 3.39. The highest BCUT2D eigenvalue weighted by molar-refractivity contribution is 5.79. The Morgan fingerprint density at radius 3 is 2.62 bits per heavy atom. The molecule has 1 aromatic rings. The second kappa shape index (κ2) is 7.73. The SMILES string of the molecule is N#Cc1ccc(F)c(CN2CCC(C(=O)N3CCOCC3)CC2)c1. The lowest BCUT2D eigenvalue weighted by molar-refractivity contribution is -0.141. The molecule has 5 nitrogen and oxygen atoms in total. The summed E-state index contributed by atoms with van der Waals surface area (Å²) in [7, 11) is 0. The molecule has 0 saturated carbocycles. The quantitative estimate of drug-likeness (QED) is 0.847. The highest BCUT2D eigenvalue weighted by Crippen LogP contribution is 2.22. The summed E-state index contributed by atoms with van der Waals surface area (Å²) in [5.41, 5.74) is 1.02. The predicted molar refractivity (Wildman–Crippen MR) is 86.5 cm³/mol. The summed E-state index contributed by atoms with van der Waals surface area (Å²) in [6.45, 7) is 4.66. The number of rotatable bonds is 3. The van der Waals surface area contributed by atoms with Gasteiger partial charge in [0.1, 0.15) is 5.82 Å². The summed E-state index contributed by atoms with van der Waals surface area (Å²) in [6.07, 6.45) is 1.60. The minimum Gasteiger partial charge on any atom is -0.378 e. The Balaban J connectivity index is 1.54. The van der Waals surface area contributed by atoms with Crippen LogP contribution in [0.5, 0.6) is 0 Å². The molecule has 1 amide bonds. The normalized spacial score (nSPS) is 19.9. The minimum atomic E-state index is -0.277. The van der Waals surface area contributed by atoms with Crippen molar-refractivity contribution in [3.8, 4) is 6.07 Å². The van der Waals surface area contributed by atoms with Gasteiger partial charge in [-0.2, -0.15) is 5.26 Å². The topological polar surface area (TPSA) is 56.6 Å². The van der Waals surface area contributed by atoms with Crippen molar-refractivity contribution in [1.29, 1.82) is 5.26 Å². The zero-order chi connectivity index (χ0) is 16.9. The average molecular weight is 331 g/mol. The lowest BCUT2D eigenvalue weighted by Crippen LogP contribution is -2.46. The third-order valence-corrected chi connectivity index (χ3v) is 4.83. The average Bonchev–Trinajstić information content (AvgIpc) is 2.64. The summed E-state index contributed by atoms with van der Waals surface area (Å²) in [5, 5.41) is 8.94. The van der Waals surface area contributed by atoms with E-state index in [-0.39, 0.29) is 17.6 Å². The van der Waals surface area contributed by atoms with E-state index >= 15 is 0 Å². The van der Waals surface area contributed by atoms with Gasteiger partial charge in [-0.05, 0) is 44.1 Å². The fraction of sp³-hybridized carbons (Fsp3) is 0.556. The molecule has 2 aliphatic rings. The maximum absolute atomic E-state index is 13.9. The first-order valence-electron chi connectivity index (χ1n) is 8.45. The second-order valence-electron chi connectivity index (χ2n) is 6.41. The Labute approximate surface area is 141 Å². The molecule has 24 heavy (non-hydrogen) atoms. The number of halogens is 1. The third kappa shape index (κ3) is 3.92. The van der Waals surface area contributed by atoms with Crippen LogP contribution in [-0.4, -0.2) is 55.1 Å². The molecule has 0 radical (unpaired) electrons. The van der Waals surface area contributed by atoms with Crippen LogP contribution in [0.3, 0.4) is 0 Å². The van der Waals surface area contributed by atoms with E-state index in [1.54, 1.807) is 6.07 Å². The molecule has 0 unspecified atom stereocenters. The van der Waals surface area contributed by atoms with Gasteiger partial charge in [-0.1, -0.05) is 0 Å². The van der Waals surface area contributed by atoms with E-state index in [0.29, 0.717) is 44.0 Å². The van der Waals surface area contributed by atoms with Gasteiger partial charge in [0.2, 0.25) is 5.91 Å². The molecule has 6 heteroatoms. The highest BCUT2D eigenvalue weighted by Gasteiger charge is 2.29. The predicted octanol–water partition coefficient (Wildman–Crippen LogP) is 1.77. The maximum atomic E-state index is 13.9. The molecule has 0 spiro atoms. The Morgan fingerprint density at radius 1 is 1.25 bits per heavy atom. The van der Waals surface area contributed by atoms with Crippen molar-refractivity contribution < 1.29 is 13.9 Å². The molecule has 2 aliphatic heterocycles. The first kappa shape index (κ1) is 16.9. The van der Waals surface area contributed by atoms with Crippen LogP contribution < -0.4 is 0 Å². The Hall–Kier alpha value is -1.97. The number of nitriles is 1. The molecule has 0 bridgehead atoms. The summed E-state index contributed by atoms with van der Waals surface area (Å²) in [6, 6.07) is 6.50. The lowest BCUT2D eigenvalue weighted by atomic mass is 9.94.